The van der Waals surface area contributed by atoms with E-state index < -0.39 is 10.8 Å². The summed E-state index contributed by atoms with van der Waals surface area (Å²) >= 11 is 0. The minimum absolute atomic E-state index is 0.239. The molecule has 0 saturated heterocycles. The second kappa shape index (κ2) is 5.82. The molecule has 0 bridgehead atoms. The Morgan fingerprint density at radius 2 is 2.36 bits per heavy atom. The monoisotopic (exact) mass is 213 g/mol. The molecule has 0 saturated carbocycles. The van der Waals surface area contributed by atoms with E-state index in [1.165, 1.54) is 0 Å². The van der Waals surface area contributed by atoms with Gasteiger partial charge in [0.15, 0.2) is 0 Å². The number of nitrogens with one attached hydrogen (secondary N) is 1. The van der Waals surface area contributed by atoms with Crippen molar-refractivity contribution in [2.75, 3.05) is 12.0 Å². The number of rotatable bonds is 5. The first kappa shape index (κ1) is 11.3. The molecule has 0 aliphatic carbocycles. The lowest BCUT2D eigenvalue weighted by molar-refractivity contribution is 0.579. The molecule has 2 unspecified atom stereocenters. The Hall–Kier alpha value is -0.810. The first-order chi connectivity index (χ1) is 6.68. The summed E-state index contributed by atoms with van der Waals surface area (Å²) in [4.78, 5) is 8.09. The van der Waals surface area contributed by atoms with Crippen LogP contribution in [0.5, 0.6) is 0 Å². The van der Waals surface area contributed by atoms with Crippen molar-refractivity contribution in [2.45, 2.75) is 19.5 Å². The van der Waals surface area contributed by atoms with Crippen LogP contribution in [-0.2, 0) is 17.3 Å². The summed E-state index contributed by atoms with van der Waals surface area (Å²) in [5.41, 5.74) is 0.904. The Kier molecular flexibility index (Phi) is 4.69. The van der Waals surface area contributed by atoms with Gasteiger partial charge in [0.2, 0.25) is 0 Å². The van der Waals surface area contributed by atoms with E-state index in [9.17, 15) is 4.21 Å². The first-order valence-corrected chi connectivity index (χ1v) is 6.19. The zero-order valence-electron chi connectivity index (χ0n) is 8.43. The van der Waals surface area contributed by atoms with E-state index in [1.807, 2.05) is 6.92 Å². The molecule has 1 aromatic rings. The topological polar surface area (TPSA) is 54.9 Å². The van der Waals surface area contributed by atoms with E-state index in [-0.39, 0.29) is 6.04 Å². The summed E-state index contributed by atoms with van der Waals surface area (Å²) in [6.45, 7) is 2.68. The lowest BCUT2D eigenvalue weighted by Gasteiger charge is -2.11. The maximum atomic E-state index is 10.9. The summed E-state index contributed by atoms with van der Waals surface area (Å²) in [7, 11) is -0.752. The van der Waals surface area contributed by atoms with Gasteiger partial charge in [-0.3, -0.25) is 14.2 Å². The molecule has 14 heavy (non-hydrogen) atoms. The van der Waals surface area contributed by atoms with Crippen LogP contribution in [0.1, 0.15) is 12.6 Å². The Bertz CT molecular complexity index is 291. The molecular weight excluding hydrogens is 198 g/mol. The van der Waals surface area contributed by atoms with Crippen molar-refractivity contribution in [3.8, 4) is 0 Å². The second-order valence-corrected chi connectivity index (χ2v) is 4.70. The van der Waals surface area contributed by atoms with E-state index in [1.54, 1.807) is 24.8 Å². The average molecular weight is 213 g/mol. The summed E-state index contributed by atoms with van der Waals surface area (Å²) in [5.74, 6) is 0.667. The van der Waals surface area contributed by atoms with Crippen LogP contribution in [-0.4, -0.2) is 32.2 Å². The number of hydrogen-bond acceptors (Lipinski definition) is 4. The summed E-state index contributed by atoms with van der Waals surface area (Å²) in [5, 5.41) is 3.23. The zero-order valence-corrected chi connectivity index (χ0v) is 9.25. The third kappa shape index (κ3) is 4.43. The maximum absolute atomic E-state index is 10.9. The van der Waals surface area contributed by atoms with Gasteiger partial charge in [-0.1, -0.05) is 0 Å². The highest BCUT2D eigenvalue weighted by Gasteiger charge is 2.03. The zero-order chi connectivity index (χ0) is 10.4. The van der Waals surface area contributed by atoms with Gasteiger partial charge in [0.05, 0.1) is 5.69 Å². The van der Waals surface area contributed by atoms with E-state index in [2.05, 4.69) is 15.3 Å². The molecule has 4 nitrogen and oxygen atoms in total. The van der Waals surface area contributed by atoms with Crippen molar-refractivity contribution in [3.63, 3.8) is 0 Å². The molecule has 0 amide bonds. The molecule has 0 aromatic carbocycles. The van der Waals surface area contributed by atoms with Gasteiger partial charge in [-0.15, -0.1) is 0 Å². The molecule has 1 rings (SSSR count). The third-order valence-electron chi connectivity index (χ3n) is 1.73. The molecule has 0 radical (unpaired) electrons. The average Bonchev–Trinajstić information content (AvgIpc) is 2.15. The Morgan fingerprint density at radius 1 is 1.57 bits per heavy atom. The van der Waals surface area contributed by atoms with Crippen LogP contribution >= 0.6 is 0 Å². The molecule has 1 N–H and O–H groups in total. The van der Waals surface area contributed by atoms with Crippen molar-refractivity contribution < 1.29 is 4.21 Å². The molecule has 78 valence electrons. The standard InChI is InChI=1S/C9H15N3OS/c1-8(7-14(2)13)12-6-9-5-10-3-4-11-9/h3-5,8,12H,6-7H2,1-2H3. The third-order valence-corrected chi connectivity index (χ3v) is 2.70. The van der Waals surface area contributed by atoms with E-state index in [4.69, 9.17) is 0 Å². The van der Waals surface area contributed by atoms with E-state index >= 15 is 0 Å². The fraction of sp³-hybridized carbons (Fsp3) is 0.556. The lowest BCUT2D eigenvalue weighted by atomic mass is 10.3. The van der Waals surface area contributed by atoms with Gasteiger partial charge in [-0.05, 0) is 6.92 Å². The molecule has 0 spiro atoms. The molecule has 5 heteroatoms. The van der Waals surface area contributed by atoms with E-state index in [0.717, 1.165) is 5.69 Å². The van der Waals surface area contributed by atoms with Crippen LogP contribution in [0.3, 0.4) is 0 Å². The van der Waals surface area contributed by atoms with Crippen LogP contribution in [0, 0.1) is 0 Å². The van der Waals surface area contributed by atoms with Gasteiger partial charge >= 0.3 is 0 Å². The second-order valence-electron chi connectivity index (χ2n) is 3.22. The fourth-order valence-corrected chi connectivity index (χ4v) is 1.93. The highest BCUT2D eigenvalue weighted by molar-refractivity contribution is 7.84. The Balaban J connectivity index is 2.30. The molecule has 0 fully saturated rings. The summed E-state index contributed by atoms with van der Waals surface area (Å²) in [6, 6.07) is 0.239. The van der Waals surface area contributed by atoms with Crippen molar-refractivity contribution >= 4 is 10.8 Å². The van der Waals surface area contributed by atoms with Gasteiger partial charge in [0.25, 0.3) is 0 Å². The number of nitrogens with zero attached hydrogens (tertiary/aromatic N) is 2. The molecular formula is C9H15N3OS. The van der Waals surface area contributed by atoms with Crippen LogP contribution in [0.25, 0.3) is 0 Å². The van der Waals surface area contributed by atoms with Crippen molar-refractivity contribution in [1.82, 2.24) is 15.3 Å². The summed E-state index contributed by atoms with van der Waals surface area (Å²) in [6.07, 6.45) is 6.75. The predicted molar refractivity (Wildman–Crippen MR) is 57.3 cm³/mol. The quantitative estimate of drug-likeness (QED) is 0.766. The maximum Gasteiger partial charge on any atom is 0.0724 e. The lowest BCUT2D eigenvalue weighted by Crippen LogP contribution is -2.30. The predicted octanol–water partition coefficient (Wildman–Crippen LogP) is 0.333. The van der Waals surface area contributed by atoms with Gasteiger partial charge in [0, 0.05) is 54.0 Å². The van der Waals surface area contributed by atoms with Crippen molar-refractivity contribution in [2.24, 2.45) is 0 Å². The largest absolute Gasteiger partial charge is 0.308 e. The molecule has 1 aromatic heterocycles. The van der Waals surface area contributed by atoms with Crippen LogP contribution in [0.2, 0.25) is 0 Å². The van der Waals surface area contributed by atoms with Gasteiger partial charge in [-0.2, -0.15) is 0 Å². The molecule has 2 atom stereocenters. The van der Waals surface area contributed by atoms with Crippen LogP contribution in [0.4, 0.5) is 0 Å². The highest BCUT2D eigenvalue weighted by Crippen LogP contribution is 1.92. The van der Waals surface area contributed by atoms with Gasteiger partial charge in [0.1, 0.15) is 0 Å². The smallest absolute Gasteiger partial charge is 0.0724 e. The first-order valence-electron chi connectivity index (χ1n) is 4.47. The molecule has 0 aliphatic heterocycles. The molecule has 0 aliphatic rings. The van der Waals surface area contributed by atoms with E-state index in [0.29, 0.717) is 12.3 Å². The van der Waals surface area contributed by atoms with Crippen LogP contribution in [0.15, 0.2) is 18.6 Å². The summed E-state index contributed by atoms with van der Waals surface area (Å²) < 4.78 is 10.9. The minimum atomic E-state index is -0.752. The molecule has 1 heterocycles. The minimum Gasteiger partial charge on any atom is -0.308 e. The highest BCUT2D eigenvalue weighted by atomic mass is 32.2. The van der Waals surface area contributed by atoms with Gasteiger partial charge in [-0.25, -0.2) is 0 Å². The van der Waals surface area contributed by atoms with Crippen molar-refractivity contribution in [3.05, 3.63) is 24.3 Å². The van der Waals surface area contributed by atoms with Gasteiger partial charge < -0.3 is 5.32 Å². The van der Waals surface area contributed by atoms with Crippen LogP contribution < -0.4 is 5.32 Å². The SMILES string of the molecule is CC(CS(C)=O)NCc1cnccn1. The Morgan fingerprint density at radius 3 is 2.93 bits per heavy atom. The fourth-order valence-electron chi connectivity index (χ4n) is 1.11. The Labute approximate surface area is 86.6 Å². The normalized spacial score (nSPS) is 15.0. The van der Waals surface area contributed by atoms with Crippen molar-refractivity contribution in [1.29, 1.82) is 0 Å². The number of aromatic nitrogens is 2. The number of hydrogen-bond donors (Lipinski definition) is 1.